The van der Waals surface area contributed by atoms with E-state index in [9.17, 15) is 14.0 Å². The van der Waals surface area contributed by atoms with E-state index < -0.39 is 11.8 Å². The molecule has 7 heteroatoms. The van der Waals surface area contributed by atoms with Gasteiger partial charge in [-0.1, -0.05) is 25.1 Å². The Morgan fingerprint density at radius 2 is 2.03 bits per heavy atom. The number of amides is 2. The molecule has 1 aliphatic heterocycles. The zero-order valence-electron chi connectivity index (χ0n) is 19.5. The molecule has 0 unspecified atom stereocenters. The Kier molecular flexibility index (Phi) is 6.79. The first-order chi connectivity index (χ1) is 15.9. The van der Waals surface area contributed by atoms with E-state index in [1.807, 2.05) is 26.0 Å². The molecule has 4 rings (SSSR count). The van der Waals surface area contributed by atoms with Crippen LogP contribution in [0.4, 0.5) is 14.9 Å². The Hall–Kier alpha value is -3.19. The van der Waals surface area contributed by atoms with Gasteiger partial charge in [-0.3, -0.25) is 9.69 Å². The summed E-state index contributed by atoms with van der Waals surface area (Å²) in [6, 6.07) is 11.8. The van der Waals surface area contributed by atoms with Gasteiger partial charge in [0.15, 0.2) is 0 Å². The van der Waals surface area contributed by atoms with Gasteiger partial charge >= 0.3 is 6.03 Å². The van der Waals surface area contributed by atoms with Crippen molar-refractivity contribution >= 4 is 22.6 Å². The third-order valence-electron chi connectivity index (χ3n) is 6.49. The van der Waals surface area contributed by atoms with Gasteiger partial charge in [0.2, 0.25) is 0 Å². The minimum atomic E-state index is -0.489. The molecule has 0 spiro atoms. The average Bonchev–Trinajstić information content (AvgIpc) is 3.22. The normalized spacial score (nSPS) is 16.3. The van der Waals surface area contributed by atoms with Gasteiger partial charge in [0.25, 0.3) is 5.56 Å². The Bertz CT molecular complexity index is 1220. The lowest BCUT2D eigenvalue weighted by Crippen LogP contribution is -2.45. The topological polar surface area (TPSA) is 68.4 Å². The highest BCUT2D eigenvalue weighted by Crippen LogP contribution is 2.22. The van der Waals surface area contributed by atoms with E-state index in [1.54, 1.807) is 17.0 Å². The molecule has 6 nitrogen and oxygen atoms in total. The number of fused-ring (bicyclic) bond motifs is 1. The lowest BCUT2D eigenvalue weighted by atomic mass is 10.0. The van der Waals surface area contributed by atoms with Crippen molar-refractivity contribution in [2.45, 2.75) is 46.2 Å². The van der Waals surface area contributed by atoms with Gasteiger partial charge < -0.3 is 15.2 Å². The summed E-state index contributed by atoms with van der Waals surface area (Å²) in [4.78, 5) is 33.1. The molecular weight excluding hydrogens is 419 g/mol. The number of urea groups is 1. The number of halogens is 1. The molecule has 2 aromatic carbocycles. The number of para-hydroxylation sites is 1. The summed E-state index contributed by atoms with van der Waals surface area (Å²) in [6.07, 6.45) is 2.07. The second-order valence-corrected chi connectivity index (χ2v) is 8.88. The van der Waals surface area contributed by atoms with Gasteiger partial charge in [0.05, 0.1) is 12.2 Å². The molecule has 1 aromatic heterocycles. The second-order valence-electron chi connectivity index (χ2n) is 8.88. The molecular formula is C26H31FN4O2. The summed E-state index contributed by atoms with van der Waals surface area (Å²) in [6.45, 7) is 8.64. The monoisotopic (exact) mass is 450 g/mol. The molecule has 0 radical (unpaired) electrons. The third kappa shape index (κ3) is 5.09. The highest BCUT2D eigenvalue weighted by Gasteiger charge is 2.28. The van der Waals surface area contributed by atoms with E-state index >= 15 is 0 Å². The summed E-state index contributed by atoms with van der Waals surface area (Å²) < 4.78 is 14.2. The van der Waals surface area contributed by atoms with Crippen LogP contribution >= 0.6 is 0 Å². The summed E-state index contributed by atoms with van der Waals surface area (Å²) in [5.74, 6) is -0.489. The number of likely N-dealkylation sites (tertiary alicyclic amines) is 1. The van der Waals surface area contributed by atoms with Gasteiger partial charge in [-0.2, -0.15) is 0 Å². The van der Waals surface area contributed by atoms with E-state index in [4.69, 9.17) is 0 Å². The number of hydrogen-bond donors (Lipinski definition) is 2. The Morgan fingerprint density at radius 1 is 1.24 bits per heavy atom. The molecule has 0 aliphatic carbocycles. The van der Waals surface area contributed by atoms with Crippen LogP contribution in [-0.4, -0.2) is 46.5 Å². The number of nitrogens with one attached hydrogen (secondary N) is 2. The molecule has 1 aliphatic rings. The van der Waals surface area contributed by atoms with Crippen LogP contribution in [0, 0.1) is 19.7 Å². The van der Waals surface area contributed by atoms with E-state index in [2.05, 4.69) is 28.2 Å². The van der Waals surface area contributed by atoms with Crippen LogP contribution in [0.3, 0.4) is 0 Å². The fourth-order valence-electron chi connectivity index (χ4n) is 4.79. The summed E-state index contributed by atoms with van der Waals surface area (Å²) in [7, 11) is 0. The molecule has 1 saturated heterocycles. The summed E-state index contributed by atoms with van der Waals surface area (Å²) in [5, 5.41) is 3.65. The lowest BCUT2D eigenvalue weighted by molar-refractivity contribution is 0.174. The Balaban J connectivity index is 1.65. The standard InChI is InChI=1S/C26H31FN4O2/c1-4-30-11-7-8-20(30)16-31(26(33)29-23-10-6-5-9-22(23)27)15-19-14-21-18(3)12-17(2)13-24(21)28-25(19)32/h5-6,9-10,12-14,20H,4,7-8,11,15-16H2,1-3H3,(H,28,32)(H,29,33)/t20-/m1/s1. The zero-order valence-corrected chi connectivity index (χ0v) is 19.5. The minimum absolute atomic E-state index is 0.130. The Morgan fingerprint density at radius 3 is 2.79 bits per heavy atom. The van der Waals surface area contributed by atoms with Crippen molar-refractivity contribution in [2.75, 3.05) is 25.0 Å². The molecule has 2 heterocycles. The minimum Gasteiger partial charge on any atom is -0.322 e. The predicted molar refractivity (Wildman–Crippen MR) is 130 cm³/mol. The molecule has 2 amide bonds. The van der Waals surface area contributed by atoms with Crippen molar-refractivity contribution in [1.82, 2.24) is 14.8 Å². The van der Waals surface area contributed by atoms with Crippen LogP contribution < -0.4 is 10.9 Å². The van der Waals surface area contributed by atoms with Crippen molar-refractivity contribution < 1.29 is 9.18 Å². The van der Waals surface area contributed by atoms with E-state index in [0.29, 0.717) is 12.1 Å². The van der Waals surface area contributed by atoms with Gasteiger partial charge in [-0.15, -0.1) is 0 Å². The quantitative estimate of drug-likeness (QED) is 0.567. The zero-order chi connectivity index (χ0) is 23.5. The smallest absolute Gasteiger partial charge is 0.322 e. The number of pyridine rings is 1. The van der Waals surface area contributed by atoms with E-state index in [0.717, 1.165) is 48.0 Å². The number of H-pyrrole nitrogens is 1. The maximum Gasteiger partial charge on any atom is 0.322 e. The first-order valence-corrected chi connectivity index (χ1v) is 11.5. The number of hydrogen-bond acceptors (Lipinski definition) is 3. The van der Waals surface area contributed by atoms with Crippen molar-refractivity contribution in [2.24, 2.45) is 0 Å². The maximum absolute atomic E-state index is 14.2. The van der Waals surface area contributed by atoms with Gasteiger partial charge in [0, 0.05) is 29.1 Å². The van der Waals surface area contributed by atoms with E-state index in [1.165, 1.54) is 12.1 Å². The van der Waals surface area contributed by atoms with Crippen molar-refractivity contribution in [3.63, 3.8) is 0 Å². The third-order valence-corrected chi connectivity index (χ3v) is 6.49. The molecule has 0 bridgehead atoms. The molecule has 1 fully saturated rings. The van der Waals surface area contributed by atoms with Crippen LogP contribution in [0.5, 0.6) is 0 Å². The van der Waals surface area contributed by atoms with Crippen molar-refractivity contribution in [3.05, 3.63) is 75.3 Å². The fourth-order valence-corrected chi connectivity index (χ4v) is 4.79. The predicted octanol–water partition coefficient (Wildman–Crippen LogP) is 4.80. The highest BCUT2D eigenvalue weighted by molar-refractivity contribution is 5.89. The highest BCUT2D eigenvalue weighted by atomic mass is 19.1. The fraction of sp³-hybridized carbons (Fsp3) is 0.385. The van der Waals surface area contributed by atoms with Gasteiger partial charge in [-0.25, -0.2) is 9.18 Å². The molecule has 0 saturated carbocycles. The first kappa shape index (κ1) is 23.0. The number of benzene rings is 2. The molecule has 1 atom stereocenters. The molecule has 3 aromatic rings. The molecule has 2 N–H and O–H groups in total. The van der Waals surface area contributed by atoms with Gasteiger partial charge in [-0.05, 0) is 75.2 Å². The maximum atomic E-state index is 14.2. The Labute approximate surface area is 193 Å². The first-order valence-electron chi connectivity index (χ1n) is 11.5. The number of aromatic nitrogens is 1. The van der Waals surface area contributed by atoms with Crippen molar-refractivity contribution in [1.29, 1.82) is 0 Å². The second kappa shape index (κ2) is 9.75. The number of aromatic amines is 1. The summed E-state index contributed by atoms with van der Waals surface area (Å²) >= 11 is 0. The van der Waals surface area contributed by atoms with Crippen LogP contribution in [0.1, 0.15) is 36.5 Å². The van der Waals surface area contributed by atoms with Crippen LogP contribution in [0.25, 0.3) is 10.9 Å². The van der Waals surface area contributed by atoms with E-state index in [-0.39, 0.29) is 23.8 Å². The number of rotatable bonds is 6. The SMILES string of the molecule is CCN1CCC[C@@H]1CN(Cc1cc2c(C)cc(C)cc2[nH]c1=O)C(=O)Nc1ccccc1F. The van der Waals surface area contributed by atoms with Gasteiger partial charge in [0.1, 0.15) is 5.82 Å². The largest absolute Gasteiger partial charge is 0.322 e. The average molecular weight is 451 g/mol. The van der Waals surface area contributed by atoms with Crippen molar-refractivity contribution in [3.8, 4) is 0 Å². The van der Waals surface area contributed by atoms with Crippen LogP contribution in [-0.2, 0) is 6.54 Å². The molecule has 174 valence electrons. The van der Waals surface area contributed by atoms with Crippen LogP contribution in [0.15, 0.2) is 47.3 Å². The molecule has 33 heavy (non-hydrogen) atoms. The number of carbonyl (C=O) groups is 1. The van der Waals surface area contributed by atoms with Crippen LogP contribution in [0.2, 0.25) is 0 Å². The number of nitrogens with zero attached hydrogens (tertiary/aromatic N) is 2. The number of anilines is 1. The number of aryl methyl sites for hydroxylation is 2. The number of likely N-dealkylation sites (N-methyl/N-ethyl adjacent to an activating group) is 1. The summed E-state index contributed by atoms with van der Waals surface area (Å²) in [5.41, 5.74) is 3.36. The number of carbonyl (C=O) groups excluding carboxylic acids is 1. The lowest BCUT2D eigenvalue weighted by Gasteiger charge is -2.30.